The van der Waals surface area contributed by atoms with Crippen LogP contribution < -0.4 is 0 Å². The first-order valence-electron chi connectivity index (χ1n) is 8.23. The van der Waals surface area contributed by atoms with Crippen LogP contribution in [0.3, 0.4) is 0 Å². The summed E-state index contributed by atoms with van der Waals surface area (Å²) in [6.07, 6.45) is 2.12. The molecule has 0 bridgehead atoms. The summed E-state index contributed by atoms with van der Waals surface area (Å²) in [5.74, 6) is 0. The van der Waals surface area contributed by atoms with E-state index in [1.165, 1.54) is 33.4 Å². The van der Waals surface area contributed by atoms with E-state index in [0.29, 0.717) is 0 Å². The van der Waals surface area contributed by atoms with E-state index in [0.717, 1.165) is 5.57 Å². The van der Waals surface area contributed by atoms with Gasteiger partial charge in [0.1, 0.15) is 0 Å². The molecular weight excluding hydrogens is 288 g/mol. The van der Waals surface area contributed by atoms with Gasteiger partial charge in [-0.1, -0.05) is 85.0 Å². The van der Waals surface area contributed by atoms with Crippen molar-refractivity contribution in [3.63, 3.8) is 0 Å². The van der Waals surface area contributed by atoms with Gasteiger partial charge in [0.25, 0.3) is 0 Å². The maximum atomic E-state index is 3.97. The van der Waals surface area contributed by atoms with Gasteiger partial charge in [-0.15, -0.1) is 0 Å². The fourth-order valence-electron chi connectivity index (χ4n) is 2.91. The highest BCUT2D eigenvalue weighted by Crippen LogP contribution is 2.28. The predicted molar refractivity (Wildman–Crippen MR) is 106 cm³/mol. The molecule has 3 aromatic rings. The van der Waals surface area contributed by atoms with Crippen molar-refractivity contribution in [2.45, 2.75) is 13.8 Å². The Bertz CT molecular complexity index is 883. The van der Waals surface area contributed by atoms with Crippen LogP contribution in [0.15, 0.2) is 97.1 Å². The first-order chi connectivity index (χ1) is 11.6. The molecule has 24 heavy (non-hydrogen) atoms. The highest BCUT2D eigenvalue weighted by Gasteiger charge is 2.03. The van der Waals surface area contributed by atoms with Gasteiger partial charge >= 0.3 is 0 Å². The fraction of sp³-hybridized carbons (Fsp3) is 0.0833. The maximum absolute atomic E-state index is 3.97. The number of hydrogen-bond acceptors (Lipinski definition) is 0. The van der Waals surface area contributed by atoms with Gasteiger partial charge in [-0.05, 0) is 59.4 Å². The molecule has 0 heteroatoms. The smallest absolute Gasteiger partial charge is 0.0178 e. The molecule has 0 spiro atoms. The zero-order chi connectivity index (χ0) is 16.9. The lowest BCUT2D eigenvalue weighted by atomic mass is 9.96. The van der Waals surface area contributed by atoms with Crippen molar-refractivity contribution in [2.24, 2.45) is 0 Å². The Kier molecular flexibility index (Phi) is 4.77. The zero-order valence-electron chi connectivity index (χ0n) is 14.3. The van der Waals surface area contributed by atoms with Crippen LogP contribution in [-0.2, 0) is 0 Å². The Morgan fingerprint density at radius 3 is 1.88 bits per heavy atom. The standard InChI is InChI=1S/C24H22/c1-18(2)15-19(3)21-11-7-13-23(16-21)24-14-8-12-22(17-24)20-9-5-4-6-10-20/h4-17H,1H2,2-3H3/b19-15+. The van der Waals surface area contributed by atoms with Crippen molar-refractivity contribution in [2.75, 3.05) is 0 Å². The number of rotatable bonds is 4. The van der Waals surface area contributed by atoms with Gasteiger partial charge in [0, 0.05) is 0 Å². The first-order valence-corrected chi connectivity index (χ1v) is 8.23. The lowest BCUT2D eigenvalue weighted by Crippen LogP contribution is -1.85. The monoisotopic (exact) mass is 310 g/mol. The van der Waals surface area contributed by atoms with E-state index in [1.807, 2.05) is 13.0 Å². The van der Waals surface area contributed by atoms with Crippen molar-refractivity contribution < 1.29 is 0 Å². The van der Waals surface area contributed by atoms with Crippen molar-refractivity contribution in [3.8, 4) is 22.3 Å². The molecule has 0 aliphatic carbocycles. The maximum Gasteiger partial charge on any atom is -0.0178 e. The van der Waals surface area contributed by atoms with E-state index in [9.17, 15) is 0 Å². The molecular formula is C24H22. The summed E-state index contributed by atoms with van der Waals surface area (Å²) < 4.78 is 0. The van der Waals surface area contributed by atoms with Crippen LogP contribution in [-0.4, -0.2) is 0 Å². The van der Waals surface area contributed by atoms with Crippen LogP contribution in [0.5, 0.6) is 0 Å². The molecule has 3 rings (SSSR count). The Hall–Kier alpha value is -2.86. The Morgan fingerprint density at radius 2 is 1.21 bits per heavy atom. The summed E-state index contributed by atoms with van der Waals surface area (Å²) in [7, 11) is 0. The number of hydrogen-bond donors (Lipinski definition) is 0. The first kappa shape index (κ1) is 16.0. The topological polar surface area (TPSA) is 0 Å². The SMILES string of the molecule is C=C(C)/C=C(\C)c1cccc(-c2cccc(-c3ccccc3)c2)c1. The number of allylic oxidation sites excluding steroid dienone is 3. The van der Waals surface area contributed by atoms with E-state index >= 15 is 0 Å². The van der Waals surface area contributed by atoms with E-state index in [4.69, 9.17) is 0 Å². The normalized spacial score (nSPS) is 11.3. The minimum absolute atomic E-state index is 1.07. The molecule has 0 saturated heterocycles. The third kappa shape index (κ3) is 3.72. The quantitative estimate of drug-likeness (QED) is 0.455. The Balaban J connectivity index is 2.00. The van der Waals surface area contributed by atoms with E-state index in [-0.39, 0.29) is 0 Å². The lowest BCUT2D eigenvalue weighted by molar-refractivity contribution is 1.50. The molecule has 3 aromatic carbocycles. The molecule has 0 heterocycles. The van der Waals surface area contributed by atoms with Crippen LogP contribution in [0.4, 0.5) is 0 Å². The lowest BCUT2D eigenvalue weighted by Gasteiger charge is -2.09. The third-order valence-electron chi connectivity index (χ3n) is 4.08. The summed E-state index contributed by atoms with van der Waals surface area (Å²) >= 11 is 0. The summed E-state index contributed by atoms with van der Waals surface area (Å²) in [6.45, 7) is 8.13. The van der Waals surface area contributed by atoms with Gasteiger partial charge in [0.2, 0.25) is 0 Å². The Morgan fingerprint density at radius 1 is 0.667 bits per heavy atom. The molecule has 0 aliphatic heterocycles. The minimum Gasteiger partial charge on any atom is -0.0961 e. The van der Waals surface area contributed by atoms with E-state index < -0.39 is 0 Å². The molecule has 0 amide bonds. The second kappa shape index (κ2) is 7.14. The number of benzene rings is 3. The summed E-state index contributed by atoms with van der Waals surface area (Å²) in [5.41, 5.74) is 8.51. The second-order valence-corrected chi connectivity index (χ2v) is 6.20. The molecule has 0 radical (unpaired) electrons. The molecule has 0 unspecified atom stereocenters. The van der Waals surface area contributed by atoms with E-state index in [2.05, 4.69) is 92.4 Å². The van der Waals surface area contributed by atoms with Crippen LogP contribution in [0.1, 0.15) is 19.4 Å². The summed E-state index contributed by atoms with van der Waals surface area (Å²) in [4.78, 5) is 0. The largest absolute Gasteiger partial charge is 0.0961 e. The molecule has 0 aliphatic rings. The average Bonchev–Trinajstić information content (AvgIpc) is 2.62. The molecule has 118 valence electrons. The van der Waals surface area contributed by atoms with Crippen molar-refractivity contribution in [3.05, 3.63) is 103 Å². The van der Waals surface area contributed by atoms with Gasteiger partial charge < -0.3 is 0 Å². The highest BCUT2D eigenvalue weighted by molar-refractivity contribution is 5.76. The van der Waals surface area contributed by atoms with Gasteiger partial charge in [-0.3, -0.25) is 0 Å². The van der Waals surface area contributed by atoms with Crippen LogP contribution in [0.25, 0.3) is 27.8 Å². The molecule has 0 fully saturated rings. The van der Waals surface area contributed by atoms with Crippen molar-refractivity contribution >= 4 is 5.57 Å². The summed E-state index contributed by atoms with van der Waals surface area (Å²) in [5, 5.41) is 0. The van der Waals surface area contributed by atoms with Gasteiger partial charge in [-0.2, -0.15) is 0 Å². The summed E-state index contributed by atoms with van der Waals surface area (Å²) in [6, 6.07) is 27.9. The highest BCUT2D eigenvalue weighted by atomic mass is 14.1. The minimum atomic E-state index is 1.07. The van der Waals surface area contributed by atoms with Crippen molar-refractivity contribution in [1.29, 1.82) is 0 Å². The van der Waals surface area contributed by atoms with Gasteiger partial charge in [0.15, 0.2) is 0 Å². The van der Waals surface area contributed by atoms with Crippen molar-refractivity contribution in [1.82, 2.24) is 0 Å². The van der Waals surface area contributed by atoms with Gasteiger partial charge in [-0.25, -0.2) is 0 Å². The van der Waals surface area contributed by atoms with Crippen LogP contribution in [0.2, 0.25) is 0 Å². The molecule has 0 aromatic heterocycles. The zero-order valence-corrected chi connectivity index (χ0v) is 14.3. The van der Waals surface area contributed by atoms with E-state index in [1.54, 1.807) is 0 Å². The molecule has 0 nitrogen and oxygen atoms in total. The van der Waals surface area contributed by atoms with Crippen LogP contribution in [0, 0.1) is 0 Å². The molecule has 0 N–H and O–H groups in total. The third-order valence-corrected chi connectivity index (χ3v) is 4.08. The second-order valence-electron chi connectivity index (χ2n) is 6.20. The average molecular weight is 310 g/mol. The van der Waals surface area contributed by atoms with Gasteiger partial charge in [0.05, 0.1) is 0 Å². The Labute approximate surface area is 144 Å². The predicted octanol–water partition coefficient (Wildman–Crippen LogP) is 7.00. The fourth-order valence-corrected chi connectivity index (χ4v) is 2.91. The molecule has 0 atom stereocenters. The van der Waals surface area contributed by atoms with Crippen LogP contribution >= 0.6 is 0 Å². The molecule has 0 saturated carbocycles.